The van der Waals surface area contributed by atoms with Crippen LogP contribution < -0.4 is 0 Å². The van der Waals surface area contributed by atoms with Crippen LogP contribution in [0.15, 0.2) is 18.2 Å². The van der Waals surface area contributed by atoms with Crippen LogP contribution in [-0.4, -0.2) is 34.0 Å². The van der Waals surface area contributed by atoms with Gasteiger partial charge in [-0.05, 0) is 32.9 Å². The second-order valence-corrected chi connectivity index (χ2v) is 4.92. The van der Waals surface area contributed by atoms with E-state index in [2.05, 4.69) is 0 Å². The van der Waals surface area contributed by atoms with Gasteiger partial charge in [-0.3, -0.25) is 4.79 Å². The maximum absolute atomic E-state index is 13.8. The molecule has 6 heteroatoms. The molecule has 0 saturated carbocycles. The van der Waals surface area contributed by atoms with E-state index in [1.165, 1.54) is 32.0 Å². The SMILES string of the molecule is CCN(C(=O)c1cccc(Cl)c1F)C(C)(C)C(=O)O. The molecule has 1 rings (SSSR count). The Kier molecular flexibility index (Phi) is 4.52. The van der Waals surface area contributed by atoms with E-state index in [-0.39, 0.29) is 17.1 Å². The van der Waals surface area contributed by atoms with Crippen LogP contribution in [0.5, 0.6) is 0 Å². The Labute approximate surface area is 115 Å². The summed E-state index contributed by atoms with van der Waals surface area (Å²) in [5.41, 5.74) is -1.66. The Bertz CT molecular complexity index is 517. The molecule has 0 aliphatic heterocycles. The molecule has 0 spiro atoms. The lowest BCUT2D eigenvalue weighted by molar-refractivity contribution is -0.147. The first-order chi connectivity index (χ1) is 8.73. The van der Waals surface area contributed by atoms with Crippen molar-refractivity contribution in [3.63, 3.8) is 0 Å². The number of hydrogen-bond donors (Lipinski definition) is 1. The summed E-state index contributed by atoms with van der Waals surface area (Å²) in [4.78, 5) is 24.5. The molecule has 0 heterocycles. The molecule has 0 bridgehead atoms. The molecule has 19 heavy (non-hydrogen) atoms. The third-order valence-corrected chi connectivity index (χ3v) is 3.23. The molecule has 0 aliphatic rings. The van der Waals surface area contributed by atoms with Gasteiger partial charge in [0.2, 0.25) is 0 Å². The predicted octanol–water partition coefficient (Wildman–Crippen LogP) is 2.80. The van der Waals surface area contributed by atoms with Crippen molar-refractivity contribution >= 4 is 23.5 Å². The van der Waals surface area contributed by atoms with Crippen molar-refractivity contribution in [1.29, 1.82) is 0 Å². The quantitative estimate of drug-likeness (QED) is 0.926. The van der Waals surface area contributed by atoms with Crippen LogP contribution in [0.2, 0.25) is 5.02 Å². The third-order valence-electron chi connectivity index (χ3n) is 2.94. The molecule has 1 N–H and O–H groups in total. The molecule has 1 amide bonds. The highest BCUT2D eigenvalue weighted by Crippen LogP contribution is 2.23. The molecular formula is C13H15ClFNO3. The van der Waals surface area contributed by atoms with Crippen molar-refractivity contribution < 1.29 is 19.1 Å². The van der Waals surface area contributed by atoms with Gasteiger partial charge in [0.05, 0.1) is 10.6 Å². The average molecular weight is 288 g/mol. The second-order valence-electron chi connectivity index (χ2n) is 4.51. The number of carbonyl (C=O) groups excluding carboxylic acids is 1. The third kappa shape index (κ3) is 2.87. The highest BCUT2D eigenvalue weighted by Gasteiger charge is 2.38. The molecule has 0 saturated heterocycles. The summed E-state index contributed by atoms with van der Waals surface area (Å²) in [5, 5.41) is 8.98. The van der Waals surface area contributed by atoms with Gasteiger partial charge in [-0.2, -0.15) is 0 Å². The summed E-state index contributed by atoms with van der Waals surface area (Å²) in [6.45, 7) is 4.55. The summed E-state index contributed by atoms with van der Waals surface area (Å²) in [7, 11) is 0. The van der Waals surface area contributed by atoms with Gasteiger partial charge in [0.1, 0.15) is 5.54 Å². The summed E-state index contributed by atoms with van der Waals surface area (Å²) >= 11 is 5.62. The van der Waals surface area contributed by atoms with Crippen LogP contribution in [0.3, 0.4) is 0 Å². The Hall–Kier alpha value is -1.62. The van der Waals surface area contributed by atoms with Crippen molar-refractivity contribution in [2.45, 2.75) is 26.3 Å². The number of amides is 1. The fraction of sp³-hybridized carbons (Fsp3) is 0.385. The maximum atomic E-state index is 13.8. The number of carbonyl (C=O) groups is 2. The minimum absolute atomic E-state index is 0.143. The smallest absolute Gasteiger partial charge is 0.329 e. The number of rotatable bonds is 4. The van der Waals surface area contributed by atoms with Gasteiger partial charge in [-0.25, -0.2) is 9.18 Å². The zero-order chi connectivity index (χ0) is 14.8. The lowest BCUT2D eigenvalue weighted by atomic mass is 10.0. The number of carboxylic acids is 1. The van der Waals surface area contributed by atoms with Crippen molar-refractivity contribution in [3.05, 3.63) is 34.6 Å². The number of likely N-dealkylation sites (N-methyl/N-ethyl adjacent to an activating group) is 1. The molecular weight excluding hydrogens is 273 g/mol. The zero-order valence-electron chi connectivity index (χ0n) is 10.9. The van der Waals surface area contributed by atoms with Gasteiger partial charge in [-0.15, -0.1) is 0 Å². The zero-order valence-corrected chi connectivity index (χ0v) is 11.7. The molecule has 1 aromatic rings. The van der Waals surface area contributed by atoms with Gasteiger partial charge < -0.3 is 10.0 Å². The Morgan fingerprint density at radius 3 is 2.47 bits per heavy atom. The standard InChI is InChI=1S/C13H15ClFNO3/c1-4-16(13(2,3)12(18)19)11(17)8-6-5-7-9(14)10(8)15/h5-7H,4H2,1-3H3,(H,18,19). The summed E-state index contributed by atoms with van der Waals surface area (Å²) < 4.78 is 13.8. The Morgan fingerprint density at radius 1 is 1.42 bits per heavy atom. The first-order valence-corrected chi connectivity index (χ1v) is 6.10. The van der Waals surface area contributed by atoms with Gasteiger partial charge >= 0.3 is 5.97 Å². The summed E-state index contributed by atoms with van der Waals surface area (Å²) in [6.07, 6.45) is 0. The number of halogens is 2. The summed E-state index contributed by atoms with van der Waals surface area (Å²) in [5.74, 6) is -2.70. The van der Waals surface area contributed by atoms with E-state index in [4.69, 9.17) is 16.7 Å². The second kappa shape index (κ2) is 5.57. The van der Waals surface area contributed by atoms with E-state index < -0.39 is 23.2 Å². The van der Waals surface area contributed by atoms with Crippen LogP contribution in [0.1, 0.15) is 31.1 Å². The maximum Gasteiger partial charge on any atom is 0.329 e. The molecule has 1 aromatic carbocycles. The average Bonchev–Trinajstić information content (AvgIpc) is 2.32. The molecule has 0 atom stereocenters. The molecule has 0 aromatic heterocycles. The summed E-state index contributed by atoms with van der Waals surface area (Å²) in [6, 6.07) is 4.05. The van der Waals surface area contributed by atoms with Crippen LogP contribution in [-0.2, 0) is 4.79 Å². The topological polar surface area (TPSA) is 57.6 Å². The van der Waals surface area contributed by atoms with Gasteiger partial charge in [0.15, 0.2) is 5.82 Å². The Morgan fingerprint density at radius 2 is 2.00 bits per heavy atom. The van der Waals surface area contributed by atoms with E-state index in [0.717, 1.165) is 4.90 Å². The van der Waals surface area contributed by atoms with E-state index in [9.17, 15) is 14.0 Å². The molecule has 0 aliphatic carbocycles. The first-order valence-electron chi connectivity index (χ1n) is 5.72. The minimum Gasteiger partial charge on any atom is -0.480 e. The van der Waals surface area contributed by atoms with E-state index >= 15 is 0 Å². The first kappa shape index (κ1) is 15.4. The van der Waals surface area contributed by atoms with Crippen molar-refractivity contribution in [2.75, 3.05) is 6.54 Å². The fourth-order valence-electron chi connectivity index (χ4n) is 1.72. The fourth-order valence-corrected chi connectivity index (χ4v) is 1.90. The highest BCUT2D eigenvalue weighted by molar-refractivity contribution is 6.31. The lowest BCUT2D eigenvalue weighted by Gasteiger charge is -2.34. The number of hydrogen-bond acceptors (Lipinski definition) is 2. The minimum atomic E-state index is -1.43. The number of benzene rings is 1. The van der Waals surface area contributed by atoms with Crippen molar-refractivity contribution in [3.8, 4) is 0 Å². The number of nitrogens with zero attached hydrogens (tertiary/aromatic N) is 1. The van der Waals surface area contributed by atoms with Crippen molar-refractivity contribution in [1.82, 2.24) is 4.90 Å². The van der Waals surface area contributed by atoms with Crippen LogP contribution in [0, 0.1) is 5.82 Å². The molecule has 0 unspecified atom stereocenters. The van der Waals surface area contributed by atoms with Gasteiger partial charge in [0.25, 0.3) is 5.91 Å². The van der Waals surface area contributed by atoms with Gasteiger partial charge in [0, 0.05) is 6.54 Å². The Balaban J connectivity index is 3.24. The monoisotopic (exact) mass is 287 g/mol. The van der Waals surface area contributed by atoms with E-state index in [0.29, 0.717) is 0 Å². The number of carboxylic acid groups (broad SMARTS) is 1. The lowest BCUT2D eigenvalue weighted by Crippen LogP contribution is -2.53. The number of aliphatic carboxylic acids is 1. The molecule has 4 nitrogen and oxygen atoms in total. The van der Waals surface area contributed by atoms with Crippen molar-refractivity contribution in [2.24, 2.45) is 0 Å². The van der Waals surface area contributed by atoms with Gasteiger partial charge in [-0.1, -0.05) is 17.7 Å². The van der Waals surface area contributed by atoms with E-state index in [1.807, 2.05) is 0 Å². The molecule has 104 valence electrons. The normalized spacial score (nSPS) is 11.2. The van der Waals surface area contributed by atoms with Crippen LogP contribution in [0.25, 0.3) is 0 Å². The predicted molar refractivity (Wildman–Crippen MR) is 69.8 cm³/mol. The molecule has 0 fully saturated rings. The van der Waals surface area contributed by atoms with Crippen LogP contribution >= 0.6 is 11.6 Å². The highest BCUT2D eigenvalue weighted by atomic mass is 35.5. The largest absolute Gasteiger partial charge is 0.480 e. The van der Waals surface area contributed by atoms with E-state index in [1.54, 1.807) is 6.92 Å². The molecule has 0 radical (unpaired) electrons. The van der Waals surface area contributed by atoms with Crippen LogP contribution in [0.4, 0.5) is 4.39 Å².